The molecule has 1 aliphatic rings. The number of halogens is 1. The van der Waals surface area contributed by atoms with Crippen LogP contribution in [0.2, 0.25) is 0 Å². The van der Waals surface area contributed by atoms with Crippen molar-refractivity contribution < 1.29 is 4.39 Å². The summed E-state index contributed by atoms with van der Waals surface area (Å²) < 4.78 is 14.4. The van der Waals surface area contributed by atoms with E-state index in [1.165, 1.54) is 12.8 Å². The van der Waals surface area contributed by atoms with Gasteiger partial charge in [0.05, 0.1) is 0 Å². The first-order valence-electron chi connectivity index (χ1n) is 6.01. The predicted molar refractivity (Wildman–Crippen MR) is 58.9 cm³/mol. The maximum atomic E-state index is 14.4. The quantitative estimate of drug-likeness (QED) is 0.742. The summed E-state index contributed by atoms with van der Waals surface area (Å²) in [5.74, 6) is 1.01. The number of rotatable bonds is 4. The average Bonchev–Trinajstić information content (AvgIpc) is 2.19. The second-order valence-electron chi connectivity index (χ2n) is 4.95. The highest BCUT2D eigenvalue weighted by Crippen LogP contribution is 2.39. The lowest BCUT2D eigenvalue weighted by molar-refractivity contribution is 0.0461. The van der Waals surface area contributed by atoms with Crippen molar-refractivity contribution in [3.63, 3.8) is 0 Å². The van der Waals surface area contributed by atoms with Crippen LogP contribution in [0.1, 0.15) is 52.4 Å². The molecule has 0 amide bonds. The number of hydrogen-bond acceptors (Lipinski definition) is 1. The monoisotopic (exact) mass is 201 g/mol. The van der Waals surface area contributed by atoms with Gasteiger partial charge in [0.1, 0.15) is 5.67 Å². The Hall–Kier alpha value is -0.110. The zero-order chi connectivity index (χ0) is 10.6. The van der Waals surface area contributed by atoms with Gasteiger partial charge in [-0.3, -0.25) is 0 Å². The topological polar surface area (TPSA) is 26.0 Å². The van der Waals surface area contributed by atoms with Crippen LogP contribution in [0.4, 0.5) is 4.39 Å². The fraction of sp³-hybridized carbons (Fsp3) is 1.00. The van der Waals surface area contributed by atoms with E-state index in [4.69, 9.17) is 5.73 Å². The van der Waals surface area contributed by atoms with Gasteiger partial charge in [0.2, 0.25) is 0 Å². The molecule has 0 radical (unpaired) electrons. The van der Waals surface area contributed by atoms with Crippen LogP contribution in [0.25, 0.3) is 0 Å². The van der Waals surface area contributed by atoms with Gasteiger partial charge in [-0.1, -0.05) is 33.1 Å². The van der Waals surface area contributed by atoms with E-state index in [1.54, 1.807) is 0 Å². The summed E-state index contributed by atoms with van der Waals surface area (Å²) in [5.41, 5.74) is 4.51. The molecule has 0 heterocycles. The molecular weight excluding hydrogens is 177 g/mol. The van der Waals surface area contributed by atoms with Gasteiger partial charge in [-0.05, 0) is 31.1 Å². The third-order valence-corrected chi connectivity index (χ3v) is 3.75. The van der Waals surface area contributed by atoms with Crippen molar-refractivity contribution in [1.29, 1.82) is 0 Å². The average molecular weight is 201 g/mol. The van der Waals surface area contributed by atoms with Crippen molar-refractivity contribution in [2.75, 3.05) is 6.54 Å². The molecule has 0 bridgehead atoms. The van der Waals surface area contributed by atoms with Crippen molar-refractivity contribution in [2.45, 2.75) is 58.0 Å². The fourth-order valence-corrected chi connectivity index (χ4v) is 2.67. The molecule has 0 aliphatic heterocycles. The van der Waals surface area contributed by atoms with Gasteiger partial charge in [0, 0.05) is 6.54 Å². The van der Waals surface area contributed by atoms with E-state index in [0.717, 1.165) is 25.2 Å². The minimum Gasteiger partial charge on any atom is -0.328 e. The SMILES string of the molecule is CCCC(F)(CN)C1CCC(C)CC1. The third-order valence-electron chi connectivity index (χ3n) is 3.75. The normalized spacial score (nSPS) is 32.6. The van der Waals surface area contributed by atoms with Crippen LogP contribution in [0.15, 0.2) is 0 Å². The van der Waals surface area contributed by atoms with Crippen molar-refractivity contribution in [3.05, 3.63) is 0 Å². The van der Waals surface area contributed by atoms with Crippen LogP contribution in [0.5, 0.6) is 0 Å². The molecule has 0 aromatic carbocycles. The summed E-state index contributed by atoms with van der Waals surface area (Å²) in [6, 6.07) is 0. The minimum atomic E-state index is -1.07. The summed E-state index contributed by atoms with van der Waals surface area (Å²) >= 11 is 0. The smallest absolute Gasteiger partial charge is 0.126 e. The van der Waals surface area contributed by atoms with E-state index in [1.807, 2.05) is 6.92 Å². The molecule has 0 spiro atoms. The van der Waals surface area contributed by atoms with Crippen molar-refractivity contribution >= 4 is 0 Å². The van der Waals surface area contributed by atoms with E-state index in [0.29, 0.717) is 6.42 Å². The maximum Gasteiger partial charge on any atom is 0.126 e. The predicted octanol–water partition coefficient (Wildman–Crippen LogP) is 3.28. The Morgan fingerprint density at radius 2 is 1.86 bits per heavy atom. The zero-order valence-corrected chi connectivity index (χ0v) is 9.56. The Labute approximate surface area is 87.3 Å². The van der Waals surface area contributed by atoms with Gasteiger partial charge in [-0.2, -0.15) is 0 Å². The van der Waals surface area contributed by atoms with Crippen LogP contribution in [0, 0.1) is 11.8 Å². The van der Waals surface area contributed by atoms with E-state index in [2.05, 4.69) is 6.92 Å². The molecule has 84 valence electrons. The first kappa shape index (κ1) is 12.0. The summed E-state index contributed by atoms with van der Waals surface area (Å²) in [4.78, 5) is 0. The molecule has 1 aliphatic carbocycles. The Morgan fingerprint density at radius 1 is 1.29 bits per heavy atom. The number of hydrogen-bond donors (Lipinski definition) is 1. The molecule has 1 fully saturated rings. The minimum absolute atomic E-state index is 0.208. The van der Waals surface area contributed by atoms with E-state index in [9.17, 15) is 4.39 Å². The molecule has 2 heteroatoms. The summed E-state index contributed by atoms with van der Waals surface area (Å²) in [6.45, 7) is 4.51. The number of alkyl halides is 1. The highest BCUT2D eigenvalue weighted by molar-refractivity contribution is 4.90. The first-order chi connectivity index (χ1) is 6.62. The van der Waals surface area contributed by atoms with E-state index >= 15 is 0 Å². The molecule has 0 aromatic heterocycles. The van der Waals surface area contributed by atoms with Gasteiger partial charge >= 0.3 is 0 Å². The van der Waals surface area contributed by atoms with Crippen LogP contribution >= 0.6 is 0 Å². The highest BCUT2D eigenvalue weighted by atomic mass is 19.1. The molecular formula is C12H24FN. The second kappa shape index (κ2) is 5.11. The summed E-state index contributed by atoms with van der Waals surface area (Å²) in [6.07, 6.45) is 5.98. The first-order valence-corrected chi connectivity index (χ1v) is 6.01. The maximum absolute atomic E-state index is 14.4. The zero-order valence-electron chi connectivity index (χ0n) is 9.56. The van der Waals surface area contributed by atoms with Crippen LogP contribution in [-0.2, 0) is 0 Å². The Morgan fingerprint density at radius 3 is 2.29 bits per heavy atom. The largest absolute Gasteiger partial charge is 0.328 e. The summed E-state index contributed by atoms with van der Waals surface area (Å²) in [5, 5.41) is 0. The van der Waals surface area contributed by atoms with Crippen molar-refractivity contribution in [1.82, 2.24) is 0 Å². The van der Waals surface area contributed by atoms with Gasteiger partial charge in [0.15, 0.2) is 0 Å². The lowest BCUT2D eigenvalue weighted by atomic mass is 9.73. The third kappa shape index (κ3) is 2.69. The molecule has 1 nitrogen and oxygen atoms in total. The molecule has 14 heavy (non-hydrogen) atoms. The lowest BCUT2D eigenvalue weighted by Gasteiger charge is -2.37. The number of nitrogens with two attached hydrogens (primary N) is 1. The van der Waals surface area contributed by atoms with Gasteiger partial charge in [-0.25, -0.2) is 4.39 Å². The molecule has 0 saturated heterocycles. The fourth-order valence-electron chi connectivity index (χ4n) is 2.67. The van der Waals surface area contributed by atoms with Gasteiger partial charge in [-0.15, -0.1) is 0 Å². The Bertz CT molecular complexity index is 164. The van der Waals surface area contributed by atoms with Gasteiger partial charge in [0.25, 0.3) is 0 Å². The van der Waals surface area contributed by atoms with Crippen LogP contribution < -0.4 is 5.73 Å². The molecule has 1 saturated carbocycles. The molecule has 1 unspecified atom stereocenters. The standard InChI is InChI=1S/C12H24FN/c1-3-8-12(13,9-14)11-6-4-10(2)5-7-11/h10-11H,3-9,14H2,1-2H3. The molecule has 1 atom stereocenters. The van der Waals surface area contributed by atoms with Gasteiger partial charge < -0.3 is 5.73 Å². The van der Waals surface area contributed by atoms with E-state index in [-0.39, 0.29) is 12.5 Å². The molecule has 0 aromatic rings. The second-order valence-corrected chi connectivity index (χ2v) is 4.95. The Balaban J connectivity index is 2.52. The molecule has 1 rings (SSSR count). The highest BCUT2D eigenvalue weighted by Gasteiger charge is 2.38. The van der Waals surface area contributed by atoms with Crippen LogP contribution in [-0.4, -0.2) is 12.2 Å². The van der Waals surface area contributed by atoms with Crippen molar-refractivity contribution in [3.8, 4) is 0 Å². The summed E-state index contributed by atoms with van der Waals surface area (Å²) in [7, 11) is 0. The molecule has 2 N–H and O–H groups in total. The van der Waals surface area contributed by atoms with Crippen LogP contribution in [0.3, 0.4) is 0 Å². The Kier molecular flexibility index (Phi) is 4.36. The lowest BCUT2D eigenvalue weighted by Crippen LogP contribution is -2.42. The van der Waals surface area contributed by atoms with E-state index < -0.39 is 5.67 Å². The van der Waals surface area contributed by atoms with Crippen molar-refractivity contribution in [2.24, 2.45) is 17.6 Å².